The molecule has 22 heavy (non-hydrogen) atoms. The first-order chi connectivity index (χ1) is 9.49. The van der Waals surface area contributed by atoms with Crippen LogP contribution in [0, 0.1) is 3.57 Å². The normalized spacial score (nSPS) is 13.5. The lowest BCUT2D eigenvalue weighted by Crippen LogP contribution is -2.42. The van der Waals surface area contributed by atoms with E-state index in [1.165, 1.54) is 6.07 Å². The van der Waals surface area contributed by atoms with Crippen LogP contribution in [0.3, 0.4) is 0 Å². The Morgan fingerprint density at radius 2 is 1.86 bits per heavy atom. The van der Waals surface area contributed by atoms with Crippen molar-refractivity contribution in [1.29, 1.82) is 0 Å². The molecule has 128 valence electrons. The summed E-state index contributed by atoms with van der Waals surface area (Å²) < 4.78 is 43.8. The van der Waals surface area contributed by atoms with Crippen LogP contribution in [0.5, 0.6) is 5.75 Å². The molecule has 0 aliphatic heterocycles. The molecule has 2 N–H and O–H groups in total. The summed E-state index contributed by atoms with van der Waals surface area (Å²) in [4.78, 5) is 0. The number of nitrogens with one attached hydrogen (secondary N) is 1. The first-order valence-corrected chi connectivity index (χ1v) is 7.49. The minimum absolute atomic E-state index is 0. The first kappa shape index (κ1) is 21.8. The summed E-state index contributed by atoms with van der Waals surface area (Å²) in [7, 11) is 0. The lowest BCUT2D eigenvalue weighted by Gasteiger charge is -2.23. The van der Waals surface area contributed by atoms with Crippen molar-refractivity contribution >= 4 is 35.0 Å². The van der Waals surface area contributed by atoms with Crippen molar-refractivity contribution in [1.82, 2.24) is 5.32 Å². The molecule has 0 amide bonds. The second-order valence-corrected chi connectivity index (χ2v) is 6.90. The van der Waals surface area contributed by atoms with Gasteiger partial charge in [-0.05, 0) is 61.6 Å². The van der Waals surface area contributed by atoms with Gasteiger partial charge in [0.1, 0.15) is 18.5 Å². The number of hydrogen-bond acceptors (Lipinski definition) is 3. The molecule has 1 aromatic carbocycles. The van der Waals surface area contributed by atoms with Crippen LogP contribution in [0.2, 0.25) is 0 Å². The Morgan fingerprint density at radius 3 is 2.36 bits per heavy atom. The molecule has 0 fully saturated rings. The SMILES string of the molecule is CC(C)(C)NCC(O)COc1cc(C(F)(F)F)ccc1I.Cl. The Hall–Kier alpha value is -0.250. The van der Waals surface area contributed by atoms with Gasteiger partial charge in [-0.15, -0.1) is 12.4 Å². The van der Waals surface area contributed by atoms with Crippen LogP contribution < -0.4 is 10.1 Å². The van der Waals surface area contributed by atoms with Gasteiger partial charge in [0.2, 0.25) is 0 Å². The number of aliphatic hydroxyl groups excluding tert-OH is 1. The highest BCUT2D eigenvalue weighted by atomic mass is 127. The molecule has 1 atom stereocenters. The Kier molecular flexibility index (Phi) is 8.46. The molecule has 1 unspecified atom stereocenters. The standard InChI is InChI=1S/C14H19F3INO2.ClH/c1-13(2,3)19-7-10(20)8-21-12-6-9(14(15,16)17)4-5-11(12)18;/h4-6,10,19-20H,7-8H2,1-3H3;1H. The first-order valence-electron chi connectivity index (χ1n) is 6.42. The monoisotopic (exact) mass is 453 g/mol. The quantitative estimate of drug-likeness (QED) is 0.666. The number of ether oxygens (including phenoxy) is 1. The molecule has 0 saturated carbocycles. The number of halogens is 5. The maximum atomic E-state index is 12.6. The lowest BCUT2D eigenvalue weighted by atomic mass is 10.1. The van der Waals surface area contributed by atoms with Gasteiger partial charge in [-0.25, -0.2) is 0 Å². The van der Waals surface area contributed by atoms with Crippen molar-refractivity contribution in [3.8, 4) is 5.75 Å². The fourth-order valence-electron chi connectivity index (χ4n) is 1.46. The Bertz CT molecular complexity index is 478. The van der Waals surface area contributed by atoms with Crippen molar-refractivity contribution in [2.75, 3.05) is 13.2 Å². The number of rotatable bonds is 5. The molecule has 0 bridgehead atoms. The molecule has 0 aliphatic carbocycles. The second kappa shape index (κ2) is 8.56. The molecule has 1 rings (SSSR count). The van der Waals surface area contributed by atoms with Gasteiger partial charge >= 0.3 is 6.18 Å². The van der Waals surface area contributed by atoms with E-state index >= 15 is 0 Å². The fourth-order valence-corrected chi connectivity index (χ4v) is 1.95. The molecular weight excluding hydrogens is 434 g/mol. The van der Waals surface area contributed by atoms with Crippen molar-refractivity contribution < 1.29 is 23.0 Å². The van der Waals surface area contributed by atoms with Crippen LogP contribution in [0.15, 0.2) is 18.2 Å². The average molecular weight is 454 g/mol. The zero-order valence-electron chi connectivity index (χ0n) is 12.5. The molecule has 0 aliphatic rings. The average Bonchev–Trinajstić information content (AvgIpc) is 2.33. The summed E-state index contributed by atoms with van der Waals surface area (Å²) in [6, 6.07) is 3.30. The Morgan fingerprint density at radius 1 is 1.27 bits per heavy atom. The van der Waals surface area contributed by atoms with E-state index in [0.29, 0.717) is 10.1 Å². The highest BCUT2D eigenvalue weighted by molar-refractivity contribution is 14.1. The largest absolute Gasteiger partial charge is 0.490 e. The smallest absolute Gasteiger partial charge is 0.416 e. The van der Waals surface area contributed by atoms with Crippen molar-refractivity contribution in [2.24, 2.45) is 0 Å². The van der Waals surface area contributed by atoms with Gasteiger partial charge in [0, 0.05) is 12.1 Å². The topological polar surface area (TPSA) is 41.5 Å². The van der Waals surface area contributed by atoms with E-state index in [0.717, 1.165) is 12.1 Å². The highest BCUT2D eigenvalue weighted by Crippen LogP contribution is 2.33. The maximum absolute atomic E-state index is 12.6. The van der Waals surface area contributed by atoms with Crippen LogP contribution in [-0.2, 0) is 6.18 Å². The lowest BCUT2D eigenvalue weighted by molar-refractivity contribution is -0.137. The van der Waals surface area contributed by atoms with Crippen molar-refractivity contribution in [3.05, 3.63) is 27.3 Å². The summed E-state index contributed by atoms with van der Waals surface area (Å²) in [6.45, 7) is 6.10. The predicted molar refractivity (Wildman–Crippen MR) is 90.7 cm³/mol. The van der Waals surface area contributed by atoms with Crippen LogP contribution in [-0.4, -0.2) is 29.9 Å². The van der Waals surface area contributed by atoms with Gasteiger partial charge in [-0.3, -0.25) is 0 Å². The fraction of sp³-hybridized carbons (Fsp3) is 0.571. The van der Waals surface area contributed by atoms with Crippen LogP contribution in [0.1, 0.15) is 26.3 Å². The highest BCUT2D eigenvalue weighted by Gasteiger charge is 2.31. The van der Waals surface area contributed by atoms with E-state index in [1.807, 2.05) is 43.4 Å². The van der Waals surface area contributed by atoms with Crippen LogP contribution in [0.25, 0.3) is 0 Å². The molecule has 1 aromatic rings. The van der Waals surface area contributed by atoms with Gasteiger partial charge in [0.25, 0.3) is 0 Å². The molecule has 0 spiro atoms. The number of β-amino-alcohol motifs (C(OH)–C–C–N with tert-alkyl or cyclic N) is 1. The van der Waals surface area contributed by atoms with Gasteiger partial charge in [0.15, 0.2) is 0 Å². The number of aliphatic hydroxyl groups is 1. The second-order valence-electron chi connectivity index (χ2n) is 5.74. The summed E-state index contributed by atoms with van der Waals surface area (Å²) >= 11 is 1.90. The minimum atomic E-state index is -4.41. The molecular formula is C14H20ClF3INO2. The van der Waals surface area contributed by atoms with Gasteiger partial charge in [0.05, 0.1) is 9.13 Å². The van der Waals surface area contributed by atoms with Crippen LogP contribution >= 0.6 is 35.0 Å². The van der Waals surface area contributed by atoms with E-state index in [2.05, 4.69) is 5.32 Å². The van der Waals surface area contributed by atoms with E-state index < -0.39 is 17.8 Å². The van der Waals surface area contributed by atoms with E-state index in [-0.39, 0.29) is 30.3 Å². The predicted octanol–water partition coefficient (Wildman–Crippen LogP) is 3.86. The van der Waals surface area contributed by atoms with E-state index in [4.69, 9.17) is 4.74 Å². The van der Waals surface area contributed by atoms with E-state index in [1.54, 1.807) is 0 Å². The minimum Gasteiger partial charge on any atom is -0.490 e. The maximum Gasteiger partial charge on any atom is 0.416 e. The summed E-state index contributed by atoms with van der Waals surface area (Å²) in [5.41, 5.74) is -0.911. The van der Waals surface area contributed by atoms with Crippen LogP contribution in [0.4, 0.5) is 13.2 Å². The summed E-state index contributed by atoms with van der Waals surface area (Å²) in [6.07, 6.45) is -5.20. The van der Waals surface area contributed by atoms with Crippen molar-refractivity contribution in [3.63, 3.8) is 0 Å². The molecule has 3 nitrogen and oxygen atoms in total. The molecule has 0 radical (unpaired) electrons. The Labute approximate surface area is 148 Å². The Balaban J connectivity index is 0.00000441. The third-order valence-corrected chi connectivity index (χ3v) is 3.45. The van der Waals surface area contributed by atoms with Crippen molar-refractivity contribution in [2.45, 2.75) is 38.6 Å². The third-order valence-electron chi connectivity index (χ3n) is 2.56. The zero-order chi connectivity index (χ0) is 16.3. The molecule has 0 heterocycles. The third kappa shape index (κ3) is 7.85. The number of benzene rings is 1. The summed E-state index contributed by atoms with van der Waals surface area (Å²) in [5, 5.41) is 12.9. The van der Waals surface area contributed by atoms with Gasteiger partial charge < -0.3 is 15.2 Å². The number of hydrogen-bond donors (Lipinski definition) is 2. The van der Waals surface area contributed by atoms with Gasteiger partial charge in [-0.1, -0.05) is 0 Å². The molecule has 8 heteroatoms. The number of alkyl halides is 3. The van der Waals surface area contributed by atoms with Gasteiger partial charge in [-0.2, -0.15) is 13.2 Å². The molecule has 0 saturated heterocycles. The molecule has 0 aromatic heterocycles. The zero-order valence-corrected chi connectivity index (χ0v) is 15.5. The summed E-state index contributed by atoms with van der Waals surface area (Å²) in [5.74, 6) is 0.125. The van der Waals surface area contributed by atoms with E-state index in [9.17, 15) is 18.3 Å².